The lowest BCUT2D eigenvalue weighted by Gasteiger charge is -2.22. The molecule has 12 heteroatoms. The SMILES string of the molecule is CNC(=O)OCc1cc(NC(=O)[C@H](CCCNC(N)=O)NC(=O)[C@@H](N)C(C)C)ccc1CO. The first-order valence-corrected chi connectivity index (χ1v) is 10.6. The fourth-order valence-corrected chi connectivity index (χ4v) is 2.79. The standard InChI is InChI=1S/C21H34N6O6/c1-12(2)17(22)19(30)27-16(5-4-8-25-20(23)31)18(29)26-15-7-6-13(10-28)14(9-15)11-33-21(32)24-3/h6-7,9,12,16-17,28H,4-5,8,10-11,22H2,1-3H3,(H,24,32)(H,26,29)(H,27,30)(H3,23,25,31)/t16-,17-/m0/s1. The fourth-order valence-electron chi connectivity index (χ4n) is 2.79. The van der Waals surface area contributed by atoms with Gasteiger partial charge in [0.25, 0.3) is 0 Å². The number of carbonyl (C=O) groups is 4. The molecule has 0 bridgehead atoms. The number of nitrogens with one attached hydrogen (secondary N) is 4. The van der Waals surface area contributed by atoms with Gasteiger partial charge in [-0.15, -0.1) is 0 Å². The minimum atomic E-state index is -0.917. The summed E-state index contributed by atoms with van der Waals surface area (Å²) in [6.45, 7) is 3.43. The van der Waals surface area contributed by atoms with Crippen LogP contribution in [0.1, 0.15) is 37.8 Å². The average molecular weight is 467 g/mol. The quantitative estimate of drug-likeness (QED) is 0.208. The van der Waals surface area contributed by atoms with Gasteiger partial charge in [0.2, 0.25) is 11.8 Å². The fraction of sp³-hybridized carbons (Fsp3) is 0.524. The monoisotopic (exact) mass is 466 g/mol. The van der Waals surface area contributed by atoms with Crippen LogP contribution in [0.5, 0.6) is 0 Å². The van der Waals surface area contributed by atoms with Gasteiger partial charge in [0.1, 0.15) is 12.6 Å². The zero-order valence-electron chi connectivity index (χ0n) is 19.1. The number of hydrogen-bond acceptors (Lipinski definition) is 7. The van der Waals surface area contributed by atoms with Gasteiger partial charge in [-0.2, -0.15) is 0 Å². The van der Waals surface area contributed by atoms with Crippen molar-refractivity contribution in [3.8, 4) is 0 Å². The number of hydrogen-bond donors (Lipinski definition) is 7. The van der Waals surface area contributed by atoms with Gasteiger partial charge >= 0.3 is 12.1 Å². The molecule has 33 heavy (non-hydrogen) atoms. The number of ether oxygens (including phenoxy) is 1. The van der Waals surface area contributed by atoms with Gasteiger partial charge in [0.15, 0.2) is 0 Å². The molecule has 9 N–H and O–H groups in total. The maximum Gasteiger partial charge on any atom is 0.407 e. The van der Waals surface area contributed by atoms with E-state index in [0.29, 0.717) is 23.2 Å². The Morgan fingerprint density at radius 1 is 1.12 bits per heavy atom. The number of amides is 5. The highest BCUT2D eigenvalue weighted by atomic mass is 16.5. The van der Waals surface area contributed by atoms with Gasteiger partial charge in [0.05, 0.1) is 12.6 Å². The number of aliphatic hydroxyl groups excluding tert-OH is 1. The molecule has 1 aromatic rings. The zero-order chi connectivity index (χ0) is 25.0. The molecule has 184 valence electrons. The third kappa shape index (κ3) is 9.74. The summed E-state index contributed by atoms with van der Waals surface area (Å²) in [6, 6.07) is 2.36. The van der Waals surface area contributed by atoms with E-state index >= 15 is 0 Å². The second-order valence-electron chi connectivity index (χ2n) is 7.72. The van der Waals surface area contributed by atoms with Crippen LogP contribution in [0.4, 0.5) is 15.3 Å². The molecule has 0 aliphatic rings. The lowest BCUT2D eigenvalue weighted by atomic mass is 10.0. The van der Waals surface area contributed by atoms with E-state index in [1.54, 1.807) is 32.0 Å². The van der Waals surface area contributed by atoms with E-state index in [4.69, 9.17) is 16.2 Å². The van der Waals surface area contributed by atoms with Crippen LogP contribution < -0.4 is 32.7 Å². The average Bonchev–Trinajstić information content (AvgIpc) is 2.78. The van der Waals surface area contributed by atoms with Gasteiger partial charge in [-0.1, -0.05) is 19.9 Å². The van der Waals surface area contributed by atoms with Crippen molar-refractivity contribution in [2.24, 2.45) is 17.4 Å². The molecule has 0 fully saturated rings. The van der Waals surface area contributed by atoms with Crippen molar-refractivity contribution in [1.29, 1.82) is 0 Å². The van der Waals surface area contributed by atoms with E-state index in [0.717, 1.165) is 0 Å². The Labute approximate surface area is 192 Å². The molecule has 0 aliphatic heterocycles. The molecule has 0 spiro atoms. The predicted molar refractivity (Wildman–Crippen MR) is 122 cm³/mol. The van der Waals surface area contributed by atoms with Crippen molar-refractivity contribution >= 4 is 29.6 Å². The Morgan fingerprint density at radius 2 is 1.82 bits per heavy atom. The molecule has 1 rings (SSSR count). The Balaban J connectivity index is 2.95. The summed E-state index contributed by atoms with van der Waals surface area (Å²) in [6.07, 6.45) is -0.0288. The minimum Gasteiger partial charge on any atom is -0.445 e. The second-order valence-corrected chi connectivity index (χ2v) is 7.72. The molecule has 0 radical (unpaired) electrons. The molecule has 0 aromatic heterocycles. The molecule has 5 amide bonds. The van der Waals surface area contributed by atoms with Gasteiger partial charge < -0.3 is 42.6 Å². The van der Waals surface area contributed by atoms with Crippen molar-refractivity contribution in [3.63, 3.8) is 0 Å². The summed E-state index contributed by atoms with van der Waals surface area (Å²) in [5, 5.41) is 19.6. The lowest BCUT2D eigenvalue weighted by molar-refractivity contribution is -0.128. The summed E-state index contributed by atoms with van der Waals surface area (Å²) in [5.74, 6) is -1.09. The van der Waals surface area contributed by atoms with Gasteiger partial charge in [-0.05, 0) is 42.0 Å². The molecule has 0 unspecified atom stereocenters. The Kier molecular flexibility index (Phi) is 11.7. The third-order valence-electron chi connectivity index (χ3n) is 4.83. The summed E-state index contributed by atoms with van der Waals surface area (Å²) in [4.78, 5) is 47.6. The van der Waals surface area contributed by atoms with Crippen LogP contribution in [0.25, 0.3) is 0 Å². The van der Waals surface area contributed by atoms with E-state index in [1.165, 1.54) is 7.05 Å². The van der Waals surface area contributed by atoms with E-state index in [2.05, 4.69) is 21.3 Å². The van der Waals surface area contributed by atoms with Crippen LogP contribution >= 0.6 is 0 Å². The van der Waals surface area contributed by atoms with Crippen LogP contribution in [0.3, 0.4) is 0 Å². The highest BCUT2D eigenvalue weighted by molar-refractivity contribution is 5.98. The van der Waals surface area contributed by atoms with Gasteiger partial charge in [-0.25, -0.2) is 9.59 Å². The summed E-state index contributed by atoms with van der Waals surface area (Å²) >= 11 is 0. The van der Waals surface area contributed by atoms with Crippen LogP contribution in [-0.2, 0) is 27.5 Å². The van der Waals surface area contributed by atoms with Crippen LogP contribution in [0.15, 0.2) is 18.2 Å². The summed E-state index contributed by atoms with van der Waals surface area (Å²) < 4.78 is 5.02. The van der Waals surface area contributed by atoms with E-state index in [9.17, 15) is 24.3 Å². The maximum atomic E-state index is 12.9. The Hall–Kier alpha value is -3.38. The van der Waals surface area contributed by atoms with Crippen LogP contribution in [-0.4, -0.2) is 54.7 Å². The number of carbonyl (C=O) groups excluding carboxylic acids is 4. The number of alkyl carbamates (subject to hydrolysis) is 1. The smallest absolute Gasteiger partial charge is 0.407 e. The van der Waals surface area contributed by atoms with Crippen molar-refractivity contribution < 1.29 is 29.0 Å². The number of nitrogens with two attached hydrogens (primary N) is 2. The van der Waals surface area contributed by atoms with Gasteiger partial charge in [-0.3, -0.25) is 9.59 Å². The minimum absolute atomic E-state index is 0.110. The summed E-state index contributed by atoms with van der Waals surface area (Å²) in [5.41, 5.74) is 12.4. The largest absolute Gasteiger partial charge is 0.445 e. The molecule has 0 saturated carbocycles. The van der Waals surface area contributed by atoms with Crippen molar-refractivity contribution in [1.82, 2.24) is 16.0 Å². The topological polar surface area (TPSA) is 198 Å². The summed E-state index contributed by atoms with van der Waals surface area (Å²) in [7, 11) is 1.42. The number of anilines is 1. The highest BCUT2D eigenvalue weighted by Crippen LogP contribution is 2.18. The molecule has 0 saturated heterocycles. The van der Waals surface area contributed by atoms with E-state index < -0.39 is 36.0 Å². The highest BCUT2D eigenvalue weighted by Gasteiger charge is 2.25. The molecular weight excluding hydrogens is 432 g/mol. The van der Waals surface area contributed by atoms with Crippen molar-refractivity contribution in [3.05, 3.63) is 29.3 Å². The Bertz CT molecular complexity index is 831. The first kappa shape index (κ1) is 27.7. The molecule has 12 nitrogen and oxygen atoms in total. The molecule has 2 atom stereocenters. The first-order chi connectivity index (χ1) is 15.6. The van der Waals surface area contributed by atoms with Gasteiger partial charge in [0, 0.05) is 19.3 Å². The molecule has 0 aliphatic carbocycles. The second kappa shape index (κ2) is 13.9. The maximum absolute atomic E-state index is 12.9. The number of benzene rings is 1. The zero-order valence-corrected chi connectivity index (χ0v) is 19.1. The van der Waals surface area contributed by atoms with Crippen molar-refractivity contribution in [2.75, 3.05) is 18.9 Å². The molecule has 0 heterocycles. The number of aliphatic hydroxyl groups is 1. The normalized spacial score (nSPS) is 12.4. The third-order valence-corrected chi connectivity index (χ3v) is 4.83. The van der Waals surface area contributed by atoms with E-state index in [-0.39, 0.29) is 32.1 Å². The Morgan fingerprint density at radius 3 is 2.39 bits per heavy atom. The molecular formula is C21H34N6O6. The van der Waals surface area contributed by atoms with Crippen LogP contribution in [0, 0.1) is 5.92 Å². The number of urea groups is 1. The first-order valence-electron chi connectivity index (χ1n) is 10.6. The number of primary amides is 1. The number of rotatable bonds is 12. The molecule has 1 aromatic carbocycles. The van der Waals surface area contributed by atoms with Crippen molar-refractivity contribution in [2.45, 2.75) is 52.0 Å². The predicted octanol–water partition coefficient (Wildman–Crippen LogP) is -0.110. The van der Waals surface area contributed by atoms with Crippen LogP contribution in [0.2, 0.25) is 0 Å². The lowest BCUT2D eigenvalue weighted by Crippen LogP contribution is -2.51. The van der Waals surface area contributed by atoms with E-state index in [1.807, 2.05) is 0 Å².